The molecule has 0 spiro atoms. The molecule has 1 heterocycles. The van der Waals surface area contributed by atoms with Crippen LogP contribution in [0.1, 0.15) is 10.9 Å². The zero-order valence-electron chi connectivity index (χ0n) is 12.8. The number of hydrogen-bond acceptors (Lipinski definition) is 4. The average Bonchev–Trinajstić information content (AvgIpc) is 2.96. The number of anilines is 1. The Morgan fingerprint density at radius 1 is 1.26 bits per heavy atom. The molecule has 23 heavy (non-hydrogen) atoms. The molecular weight excluding hydrogens is 350 g/mol. The molecule has 3 nitrogen and oxygen atoms in total. The van der Waals surface area contributed by atoms with Crippen LogP contribution in [0.25, 0.3) is 0 Å². The van der Waals surface area contributed by atoms with Crippen LogP contribution in [0.5, 0.6) is 5.75 Å². The summed E-state index contributed by atoms with van der Waals surface area (Å²) >= 11 is 9.55. The van der Waals surface area contributed by atoms with E-state index in [1.807, 2.05) is 11.0 Å². The molecule has 1 fully saturated rings. The summed E-state index contributed by atoms with van der Waals surface area (Å²) in [6, 6.07) is 13.8. The molecule has 1 amide bonds. The lowest BCUT2D eigenvalue weighted by molar-refractivity contribution is -0.115. The van der Waals surface area contributed by atoms with Crippen molar-refractivity contribution in [1.29, 1.82) is 0 Å². The van der Waals surface area contributed by atoms with Gasteiger partial charge in [0.1, 0.15) is 11.1 Å². The topological polar surface area (TPSA) is 29.5 Å². The average molecular weight is 366 g/mol. The second-order valence-corrected chi connectivity index (χ2v) is 7.37. The molecule has 2 aromatic rings. The molecule has 6 heteroatoms. The van der Waals surface area contributed by atoms with Crippen molar-refractivity contribution in [2.75, 3.05) is 24.0 Å². The molecule has 120 valence electrons. The Bertz CT molecular complexity index is 721. The minimum absolute atomic E-state index is 0.0251. The lowest BCUT2D eigenvalue weighted by Crippen LogP contribution is -2.27. The van der Waals surface area contributed by atoms with E-state index in [1.165, 1.54) is 4.90 Å². The number of rotatable bonds is 4. The predicted octanol–water partition coefficient (Wildman–Crippen LogP) is 4.85. The largest absolute Gasteiger partial charge is 0.495 e. The van der Waals surface area contributed by atoms with E-state index >= 15 is 0 Å². The van der Waals surface area contributed by atoms with E-state index in [2.05, 4.69) is 30.5 Å². The molecule has 1 saturated heterocycles. The molecule has 0 N–H and O–H groups in total. The fraction of sp³-hybridized carbons (Fsp3) is 0.235. The number of thioether (sulfide) groups is 2. The summed E-state index contributed by atoms with van der Waals surface area (Å²) in [7, 11) is 1.58. The van der Waals surface area contributed by atoms with Crippen molar-refractivity contribution in [3.05, 3.63) is 53.1 Å². The number of halogens is 1. The number of methoxy groups -OCH3 is 1. The summed E-state index contributed by atoms with van der Waals surface area (Å²) < 4.78 is 5.18. The number of benzene rings is 2. The number of nitrogens with zero attached hydrogens (tertiary/aromatic N) is 1. The SMILES string of the molecule is COc1ccc(N2C(=O)CS[C@H]2c2ccc(SC)cc2)cc1Cl. The van der Waals surface area contributed by atoms with Crippen LogP contribution in [0.2, 0.25) is 5.02 Å². The van der Waals surface area contributed by atoms with Gasteiger partial charge in [-0.2, -0.15) is 0 Å². The van der Waals surface area contributed by atoms with E-state index in [9.17, 15) is 4.79 Å². The summed E-state index contributed by atoms with van der Waals surface area (Å²) in [5.41, 5.74) is 1.91. The monoisotopic (exact) mass is 365 g/mol. The highest BCUT2D eigenvalue weighted by atomic mass is 35.5. The summed E-state index contributed by atoms with van der Waals surface area (Å²) in [5.74, 6) is 1.17. The maximum atomic E-state index is 12.4. The summed E-state index contributed by atoms with van der Waals surface area (Å²) in [4.78, 5) is 15.4. The zero-order chi connectivity index (χ0) is 16.4. The van der Waals surface area contributed by atoms with Crippen molar-refractivity contribution in [2.45, 2.75) is 10.3 Å². The summed E-state index contributed by atoms with van der Waals surface area (Å²) in [6.45, 7) is 0. The van der Waals surface area contributed by atoms with Gasteiger partial charge in [-0.05, 0) is 42.2 Å². The van der Waals surface area contributed by atoms with Crippen molar-refractivity contribution in [3.8, 4) is 5.75 Å². The molecule has 0 bridgehead atoms. The molecular formula is C17H16ClNO2S2. The van der Waals surface area contributed by atoms with Crippen LogP contribution < -0.4 is 9.64 Å². The smallest absolute Gasteiger partial charge is 0.238 e. The van der Waals surface area contributed by atoms with Gasteiger partial charge in [0, 0.05) is 10.6 Å². The Morgan fingerprint density at radius 2 is 2.00 bits per heavy atom. The van der Waals surface area contributed by atoms with Crippen LogP contribution in [0.4, 0.5) is 5.69 Å². The first-order valence-electron chi connectivity index (χ1n) is 7.05. The Hall–Kier alpha value is -1.30. The van der Waals surface area contributed by atoms with Crippen LogP contribution in [-0.4, -0.2) is 25.0 Å². The van der Waals surface area contributed by atoms with E-state index in [-0.39, 0.29) is 11.3 Å². The van der Waals surface area contributed by atoms with Gasteiger partial charge in [-0.15, -0.1) is 23.5 Å². The minimum atomic E-state index is -0.0251. The Balaban J connectivity index is 1.94. The molecule has 0 radical (unpaired) electrons. The molecule has 1 aliphatic rings. The van der Waals surface area contributed by atoms with Crippen molar-refractivity contribution in [1.82, 2.24) is 0 Å². The number of carbonyl (C=O) groups is 1. The lowest BCUT2D eigenvalue weighted by Gasteiger charge is -2.25. The molecule has 1 aliphatic heterocycles. The van der Waals surface area contributed by atoms with Gasteiger partial charge in [0.2, 0.25) is 5.91 Å². The van der Waals surface area contributed by atoms with Gasteiger partial charge in [-0.1, -0.05) is 23.7 Å². The highest BCUT2D eigenvalue weighted by Crippen LogP contribution is 2.43. The highest BCUT2D eigenvalue weighted by Gasteiger charge is 2.34. The Labute approximate surface area is 149 Å². The molecule has 0 aromatic heterocycles. The van der Waals surface area contributed by atoms with Gasteiger partial charge in [-0.3, -0.25) is 9.69 Å². The molecule has 0 saturated carbocycles. The fourth-order valence-electron chi connectivity index (χ4n) is 2.52. The quantitative estimate of drug-likeness (QED) is 0.724. The normalized spacial score (nSPS) is 17.6. The molecule has 0 aliphatic carbocycles. The van der Waals surface area contributed by atoms with Crippen LogP contribution in [0.15, 0.2) is 47.4 Å². The molecule has 3 rings (SSSR count). The number of hydrogen-bond donors (Lipinski definition) is 0. The van der Waals surface area contributed by atoms with Crippen molar-refractivity contribution in [3.63, 3.8) is 0 Å². The van der Waals surface area contributed by atoms with E-state index in [1.54, 1.807) is 42.8 Å². The zero-order valence-corrected chi connectivity index (χ0v) is 15.2. The number of ether oxygens (including phenoxy) is 1. The molecule has 2 aromatic carbocycles. The Kier molecular flexibility index (Phi) is 5.09. The first-order valence-corrected chi connectivity index (χ1v) is 9.70. The summed E-state index contributed by atoms with van der Waals surface area (Å²) in [5, 5.41) is 0.481. The van der Waals surface area contributed by atoms with Crippen LogP contribution in [0.3, 0.4) is 0 Å². The van der Waals surface area contributed by atoms with E-state index in [0.717, 1.165) is 11.3 Å². The molecule has 1 atom stereocenters. The van der Waals surface area contributed by atoms with Gasteiger partial charge in [0.25, 0.3) is 0 Å². The van der Waals surface area contributed by atoms with Crippen LogP contribution >= 0.6 is 35.1 Å². The van der Waals surface area contributed by atoms with Crippen LogP contribution in [0, 0.1) is 0 Å². The van der Waals surface area contributed by atoms with Crippen molar-refractivity contribution >= 4 is 46.7 Å². The maximum Gasteiger partial charge on any atom is 0.238 e. The van der Waals surface area contributed by atoms with Crippen LogP contribution in [-0.2, 0) is 4.79 Å². The van der Waals surface area contributed by atoms with Gasteiger partial charge >= 0.3 is 0 Å². The predicted molar refractivity (Wildman–Crippen MR) is 98.9 cm³/mol. The van der Waals surface area contributed by atoms with Gasteiger partial charge < -0.3 is 4.74 Å². The first-order chi connectivity index (χ1) is 11.1. The highest BCUT2D eigenvalue weighted by molar-refractivity contribution is 8.00. The standard InChI is InChI=1S/C17H16ClNO2S2/c1-21-15-8-5-12(9-14(15)18)19-16(20)10-23-17(19)11-3-6-13(22-2)7-4-11/h3-9,17H,10H2,1-2H3/t17-/m0/s1. The third kappa shape index (κ3) is 3.32. The Morgan fingerprint density at radius 3 is 2.61 bits per heavy atom. The fourth-order valence-corrected chi connectivity index (χ4v) is 4.36. The van der Waals surface area contributed by atoms with Gasteiger partial charge in [0.05, 0.1) is 17.9 Å². The number of amides is 1. The second-order valence-electron chi connectivity index (χ2n) is 5.02. The summed E-state index contributed by atoms with van der Waals surface area (Å²) in [6.07, 6.45) is 2.05. The van der Waals surface area contributed by atoms with E-state index in [4.69, 9.17) is 16.3 Å². The van der Waals surface area contributed by atoms with E-state index in [0.29, 0.717) is 16.5 Å². The van der Waals surface area contributed by atoms with E-state index < -0.39 is 0 Å². The van der Waals surface area contributed by atoms with Crippen molar-refractivity contribution < 1.29 is 9.53 Å². The number of carbonyl (C=O) groups excluding carboxylic acids is 1. The lowest BCUT2D eigenvalue weighted by atomic mass is 10.2. The van der Waals surface area contributed by atoms with Gasteiger partial charge in [-0.25, -0.2) is 0 Å². The minimum Gasteiger partial charge on any atom is -0.495 e. The first kappa shape index (κ1) is 16.6. The second kappa shape index (κ2) is 7.07. The maximum absolute atomic E-state index is 12.4. The third-order valence-corrected chi connectivity index (χ3v) is 5.93. The molecule has 0 unspecified atom stereocenters. The van der Waals surface area contributed by atoms with Crippen molar-refractivity contribution in [2.24, 2.45) is 0 Å². The third-order valence-electron chi connectivity index (χ3n) is 3.68. The van der Waals surface area contributed by atoms with Gasteiger partial charge in [0.15, 0.2) is 0 Å².